The third-order valence-electron chi connectivity index (χ3n) is 1.87. The molecule has 4 nitrogen and oxygen atoms in total. The number of carbonyl (C=O) groups is 2. The highest BCUT2D eigenvalue weighted by molar-refractivity contribution is 8.00. The number of carboxylic acid groups (broad SMARTS) is 1. The van der Waals surface area contributed by atoms with E-state index in [9.17, 15) is 14.7 Å². The number of benzene rings is 1. The van der Waals surface area contributed by atoms with Crippen molar-refractivity contribution in [3.05, 3.63) is 29.8 Å². The Hall–Kier alpha value is -1.49. The van der Waals surface area contributed by atoms with Crippen molar-refractivity contribution in [3.63, 3.8) is 0 Å². The van der Waals surface area contributed by atoms with E-state index in [1.54, 1.807) is 31.4 Å². The van der Waals surface area contributed by atoms with Gasteiger partial charge in [0.1, 0.15) is 5.75 Å². The maximum absolute atomic E-state index is 11.6. The molecule has 0 unspecified atom stereocenters. The number of ketones is 1. The van der Waals surface area contributed by atoms with Crippen LogP contribution in [0.1, 0.15) is 10.4 Å². The number of ether oxygens (including phenoxy) is 1. The van der Waals surface area contributed by atoms with Crippen molar-refractivity contribution >= 4 is 23.5 Å². The molecule has 0 radical (unpaired) electrons. The Kier molecular flexibility index (Phi) is 4.85. The topological polar surface area (TPSA) is 66.4 Å². The summed E-state index contributed by atoms with van der Waals surface area (Å²) in [5.74, 6) is -0.609. The summed E-state index contributed by atoms with van der Waals surface area (Å²) in [7, 11) is 1.55. The van der Waals surface area contributed by atoms with Crippen LogP contribution in [0.2, 0.25) is 0 Å². The zero-order valence-electron chi connectivity index (χ0n) is 8.76. The summed E-state index contributed by atoms with van der Waals surface area (Å²) in [5.41, 5.74) is 0.548. The Balaban J connectivity index is 2.49. The van der Waals surface area contributed by atoms with E-state index >= 15 is 0 Å². The molecule has 0 atom stereocenters. The molecule has 1 aromatic carbocycles. The summed E-state index contributed by atoms with van der Waals surface area (Å²) in [6.07, 6.45) is 0. The molecule has 0 N–H and O–H groups in total. The Labute approximate surface area is 97.6 Å². The fraction of sp³-hybridized carbons (Fsp3) is 0.273. The molecule has 0 saturated heterocycles. The lowest BCUT2D eigenvalue weighted by molar-refractivity contribution is -0.301. The van der Waals surface area contributed by atoms with E-state index in [4.69, 9.17) is 4.74 Å². The summed E-state index contributed by atoms with van der Waals surface area (Å²) < 4.78 is 4.96. The van der Waals surface area contributed by atoms with Crippen LogP contribution in [0.3, 0.4) is 0 Å². The second kappa shape index (κ2) is 6.17. The van der Waals surface area contributed by atoms with E-state index in [0.717, 1.165) is 11.8 Å². The lowest BCUT2D eigenvalue weighted by atomic mass is 10.1. The molecule has 86 valence electrons. The van der Waals surface area contributed by atoms with Gasteiger partial charge in [-0.1, -0.05) is 0 Å². The van der Waals surface area contributed by atoms with Gasteiger partial charge < -0.3 is 14.6 Å². The standard InChI is InChI=1S/C11H12O4S/c1-15-9-4-2-8(3-5-9)10(12)6-16-7-11(13)14/h2-5H,6-7H2,1H3,(H,13,14)/p-1. The number of carboxylic acids is 1. The molecule has 0 spiro atoms. The fourth-order valence-electron chi connectivity index (χ4n) is 1.09. The number of methoxy groups -OCH3 is 1. The van der Waals surface area contributed by atoms with Gasteiger partial charge in [-0.15, -0.1) is 11.8 Å². The molecular formula is C11H11O4S-. The van der Waals surface area contributed by atoms with Crippen LogP contribution in [0.4, 0.5) is 0 Å². The van der Waals surface area contributed by atoms with Crippen molar-refractivity contribution in [1.82, 2.24) is 0 Å². The lowest BCUT2D eigenvalue weighted by Crippen LogP contribution is -2.25. The molecule has 0 saturated carbocycles. The highest BCUT2D eigenvalue weighted by atomic mass is 32.2. The number of aliphatic carboxylic acids is 1. The summed E-state index contributed by atoms with van der Waals surface area (Å²) in [6.45, 7) is 0. The Morgan fingerprint density at radius 3 is 2.38 bits per heavy atom. The van der Waals surface area contributed by atoms with E-state index in [2.05, 4.69) is 0 Å². The zero-order chi connectivity index (χ0) is 12.0. The molecule has 1 rings (SSSR count). The van der Waals surface area contributed by atoms with Gasteiger partial charge >= 0.3 is 0 Å². The predicted molar refractivity (Wildman–Crippen MR) is 59.7 cm³/mol. The molecule has 0 bridgehead atoms. The largest absolute Gasteiger partial charge is 0.549 e. The van der Waals surface area contributed by atoms with Crippen LogP contribution < -0.4 is 9.84 Å². The van der Waals surface area contributed by atoms with Gasteiger partial charge in [-0.2, -0.15) is 0 Å². The second-order valence-corrected chi connectivity index (χ2v) is 4.00. The third-order valence-corrected chi connectivity index (χ3v) is 2.77. The monoisotopic (exact) mass is 239 g/mol. The maximum Gasteiger partial charge on any atom is 0.172 e. The third kappa shape index (κ3) is 3.94. The first kappa shape index (κ1) is 12.6. The van der Waals surface area contributed by atoms with Crippen LogP contribution >= 0.6 is 11.8 Å². The number of hydrogen-bond acceptors (Lipinski definition) is 5. The Morgan fingerprint density at radius 2 is 1.88 bits per heavy atom. The van der Waals surface area contributed by atoms with E-state index in [1.165, 1.54) is 0 Å². The normalized spacial score (nSPS) is 9.81. The molecule has 0 aliphatic carbocycles. The first-order chi connectivity index (χ1) is 7.63. The first-order valence-corrected chi connectivity index (χ1v) is 5.74. The van der Waals surface area contributed by atoms with Crippen LogP contribution in [-0.2, 0) is 4.79 Å². The first-order valence-electron chi connectivity index (χ1n) is 4.58. The van der Waals surface area contributed by atoms with Crippen molar-refractivity contribution in [3.8, 4) is 5.75 Å². The minimum Gasteiger partial charge on any atom is -0.549 e. The summed E-state index contributed by atoms with van der Waals surface area (Å²) >= 11 is 1.03. The molecule has 0 heterocycles. The van der Waals surface area contributed by atoms with E-state index in [-0.39, 0.29) is 17.3 Å². The van der Waals surface area contributed by atoms with Crippen molar-refractivity contribution < 1.29 is 19.4 Å². The van der Waals surface area contributed by atoms with Gasteiger partial charge in [0.25, 0.3) is 0 Å². The van der Waals surface area contributed by atoms with E-state index < -0.39 is 5.97 Å². The smallest absolute Gasteiger partial charge is 0.172 e. The Bertz CT molecular complexity index is 372. The second-order valence-electron chi connectivity index (χ2n) is 3.02. The average molecular weight is 239 g/mol. The van der Waals surface area contributed by atoms with Crippen molar-refractivity contribution in [2.75, 3.05) is 18.6 Å². The predicted octanol–water partition coefficient (Wildman–Crippen LogP) is 0.361. The quantitative estimate of drug-likeness (QED) is 0.671. The van der Waals surface area contributed by atoms with Gasteiger partial charge in [0, 0.05) is 11.3 Å². The minimum atomic E-state index is -1.16. The minimum absolute atomic E-state index is 0.103. The number of carbonyl (C=O) groups excluding carboxylic acids is 2. The lowest BCUT2D eigenvalue weighted by Gasteiger charge is -2.03. The number of thioether (sulfide) groups is 1. The molecule has 0 amide bonds. The van der Waals surface area contributed by atoms with Crippen molar-refractivity contribution in [1.29, 1.82) is 0 Å². The van der Waals surface area contributed by atoms with E-state index in [0.29, 0.717) is 11.3 Å². The van der Waals surface area contributed by atoms with Gasteiger partial charge in [0.05, 0.1) is 18.8 Å². The molecule has 1 aromatic rings. The highest BCUT2D eigenvalue weighted by Gasteiger charge is 2.05. The number of rotatable bonds is 6. The van der Waals surface area contributed by atoms with Gasteiger partial charge in [0.2, 0.25) is 0 Å². The maximum atomic E-state index is 11.6. The van der Waals surface area contributed by atoms with Crippen LogP contribution in [0, 0.1) is 0 Å². The molecule has 16 heavy (non-hydrogen) atoms. The van der Waals surface area contributed by atoms with Crippen LogP contribution in [0.5, 0.6) is 5.75 Å². The molecule has 5 heteroatoms. The molecule has 0 aliphatic rings. The molecule has 0 aromatic heterocycles. The highest BCUT2D eigenvalue weighted by Crippen LogP contribution is 2.13. The SMILES string of the molecule is COc1ccc(C(=O)CSCC(=O)[O-])cc1. The van der Waals surface area contributed by atoms with Gasteiger partial charge in [0.15, 0.2) is 5.78 Å². The summed E-state index contributed by atoms with van der Waals surface area (Å²) in [6, 6.07) is 6.69. The van der Waals surface area contributed by atoms with Gasteiger partial charge in [-0.05, 0) is 24.3 Å². The van der Waals surface area contributed by atoms with Crippen LogP contribution in [-0.4, -0.2) is 30.4 Å². The molecule has 0 fully saturated rings. The average Bonchev–Trinajstić information content (AvgIpc) is 2.28. The van der Waals surface area contributed by atoms with Gasteiger partial charge in [-0.3, -0.25) is 4.79 Å². The number of hydrogen-bond donors (Lipinski definition) is 0. The van der Waals surface area contributed by atoms with Crippen molar-refractivity contribution in [2.45, 2.75) is 0 Å². The van der Waals surface area contributed by atoms with E-state index in [1.807, 2.05) is 0 Å². The number of Topliss-reactive ketones (excluding diaryl/α,β-unsaturated/α-hetero) is 1. The van der Waals surface area contributed by atoms with Crippen LogP contribution in [0.15, 0.2) is 24.3 Å². The Morgan fingerprint density at radius 1 is 1.25 bits per heavy atom. The van der Waals surface area contributed by atoms with Crippen molar-refractivity contribution in [2.24, 2.45) is 0 Å². The fourth-order valence-corrected chi connectivity index (χ4v) is 1.71. The zero-order valence-corrected chi connectivity index (χ0v) is 9.58. The van der Waals surface area contributed by atoms with Crippen LogP contribution in [0.25, 0.3) is 0 Å². The summed E-state index contributed by atoms with van der Waals surface area (Å²) in [5, 5.41) is 10.1. The summed E-state index contributed by atoms with van der Waals surface area (Å²) in [4.78, 5) is 21.7. The molecular weight excluding hydrogens is 228 g/mol. The van der Waals surface area contributed by atoms with Gasteiger partial charge in [-0.25, -0.2) is 0 Å². The molecule has 0 aliphatic heterocycles.